The van der Waals surface area contributed by atoms with Crippen LogP contribution in [-0.4, -0.2) is 16.2 Å². The summed E-state index contributed by atoms with van der Waals surface area (Å²) in [6, 6.07) is 2.60. The molecule has 20 heavy (non-hydrogen) atoms. The van der Waals surface area contributed by atoms with E-state index >= 15 is 0 Å². The van der Waals surface area contributed by atoms with Crippen LogP contribution in [-0.2, 0) is 12.8 Å². The van der Waals surface area contributed by atoms with Crippen molar-refractivity contribution in [3.63, 3.8) is 0 Å². The molecule has 1 atom stereocenters. The fourth-order valence-corrected chi connectivity index (χ4v) is 2.28. The Morgan fingerprint density at radius 1 is 1.10 bits per heavy atom. The first-order chi connectivity index (χ1) is 9.53. The maximum absolute atomic E-state index is 9.42. The fraction of sp³-hybridized carbons (Fsp3) is 0.688. The number of hydrogen-bond donors (Lipinski definition) is 1. The van der Waals surface area contributed by atoms with Gasteiger partial charge >= 0.3 is 0 Å². The van der Waals surface area contributed by atoms with Crippen LogP contribution in [0.1, 0.15) is 64.3 Å². The predicted octanol–water partition coefficient (Wildman–Crippen LogP) is 3.71. The first-order valence-electron chi connectivity index (χ1n) is 7.58. The van der Waals surface area contributed by atoms with Crippen molar-refractivity contribution < 1.29 is 0 Å². The third kappa shape index (κ3) is 4.19. The van der Waals surface area contributed by atoms with Gasteiger partial charge in [0.05, 0.1) is 5.69 Å². The maximum Gasteiger partial charge on any atom is 0.167 e. The average Bonchev–Trinajstić information content (AvgIpc) is 2.44. The summed E-state index contributed by atoms with van der Waals surface area (Å²) in [4.78, 5) is 0. The van der Waals surface area contributed by atoms with Crippen molar-refractivity contribution >= 4 is 5.82 Å². The van der Waals surface area contributed by atoms with E-state index in [1.165, 1.54) is 0 Å². The molecule has 110 valence electrons. The van der Waals surface area contributed by atoms with Gasteiger partial charge in [0, 0.05) is 6.04 Å². The molecule has 0 aliphatic rings. The molecule has 0 fully saturated rings. The van der Waals surface area contributed by atoms with E-state index in [4.69, 9.17) is 0 Å². The van der Waals surface area contributed by atoms with Gasteiger partial charge in [-0.05, 0) is 44.1 Å². The number of hydrogen-bond acceptors (Lipinski definition) is 4. The monoisotopic (exact) mass is 274 g/mol. The number of nitriles is 1. The summed E-state index contributed by atoms with van der Waals surface area (Å²) in [5.41, 5.74) is 2.63. The normalized spacial score (nSPS) is 12.2. The number of rotatable bonds is 7. The van der Waals surface area contributed by atoms with E-state index in [9.17, 15) is 5.26 Å². The van der Waals surface area contributed by atoms with E-state index in [-0.39, 0.29) is 0 Å². The Bertz CT molecular complexity index is 474. The average molecular weight is 274 g/mol. The van der Waals surface area contributed by atoms with Crippen molar-refractivity contribution in [3.8, 4) is 6.07 Å². The standard InChI is InChI=1S/C16H26N4/c1-6-13-14(10-17)16(20-19-15(13)7-2)18-12(5)9-8-11(3)4/h11-12H,6-9H2,1-5H3,(H,18,20). The van der Waals surface area contributed by atoms with Crippen molar-refractivity contribution in [2.45, 2.75) is 66.3 Å². The molecule has 1 aromatic heterocycles. The summed E-state index contributed by atoms with van der Waals surface area (Å²) in [6.45, 7) is 10.7. The number of anilines is 1. The zero-order chi connectivity index (χ0) is 15.1. The van der Waals surface area contributed by atoms with E-state index in [0.717, 1.165) is 36.9 Å². The molecule has 4 heteroatoms. The topological polar surface area (TPSA) is 61.6 Å². The number of nitrogens with one attached hydrogen (secondary N) is 1. The molecule has 0 aliphatic heterocycles. The number of aromatic nitrogens is 2. The van der Waals surface area contributed by atoms with E-state index < -0.39 is 0 Å². The molecule has 0 amide bonds. The smallest absolute Gasteiger partial charge is 0.167 e. The predicted molar refractivity (Wildman–Crippen MR) is 82.7 cm³/mol. The Kier molecular flexibility index (Phi) is 6.44. The molecule has 1 N–H and O–H groups in total. The molecule has 1 unspecified atom stereocenters. The lowest BCUT2D eigenvalue weighted by Gasteiger charge is -2.17. The largest absolute Gasteiger partial charge is 0.365 e. The van der Waals surface area contributed by atoms with Crippen LogP contribution >= 0.6 is 0 Å². The van der Waals surface area contributed by atoms with Crippen LogP contribution in [0.3, 0.4) is 0 Å². The van der Waals surface area contributed by atoms with E-state index in [0.29, 0.717) is 23.3 Å². The second-order valence-electron chi connectivity index (χ2n) is 5.68. The molecule has 0 aliphatic carbocycles. The van der Waals surface area contributed by atoms with Crippen LogP contribution in [0.4, 0.5) is 5.82 Å². The molecule has 0 bridgehead atoms. The minimum Gasteiger partial charge on any atom is -0.365 e. The van der Waals surface area contributed by atoms with Crippen LogP contribution in [0.15, 0.2) is 0 Å². The van der Waals surface area contributed by atoms with E-state index in [2.05, 4.69) is 49.3 Å². The SMILES string of the molecule is CCc1nnc(NC(C)CCC(C)C)c(C#N)c1CC. The van der Waals surface area contributed by atoms with Gasteiger partial charge in [0.25, 0.3) is 0 Å². The van der Waals surface area contributed by atoms with Gasteiger partial charge in [-0.25, -0.2) is 0 Å². The van der Waals surface area contributed by atoms with E-state index in [1.807, 2.05) is 6.92 Å². The van der Waals surface area contributed by atoms with Gasteiger partial charge in [0.2, 0.25) is 0 Å². The summed E-state index contributed by atoms with van der Waals surface area (Å²) in [5.74, 6) is 1.33. The maximum atomic E-state index is 9.42. The molecular formula is C16H26N4. The Morgan fingerprint density at radius 2 is 1.80 bits per heavy atom. The molecule has 1 rings (SSSR count). The van der Waals surface area contributed by atoms with Gasteiger partial charge in [-0.2, -0.15) is 10.4 Å². The highest BCUT2D eigenvalue weighted by Gasteiger charge is 2.15. The van der Waals surface area contributed by atoms with Gasteiger partial charge in [0.15, 0.2) is 5.82 Å². The number of nitrogens with zero attached hydrogens (tertiary/aromatic N) is 3. The molecule has 0 spiro atoms. The summed E-state index contributed by atoms with van der Waals surface area (Å²) < 4.78 is 0. The Morgan fingerprint density at radius 3 is 2.30 bits per heavy atom. The Labute approximate surface area is 122 Å². The number of aryl methyl sites for hydroxylation is 1. The van der Waals surface area contributed by atoms with Gasteiger partial charge in [-0.3, -0.25) is 0 Å². The van der Waals surface area contributed by atoms with Crippen LogP contribution in [0.5, 0.6) is 0 Å². The van der Waals surface area contributed by atoms with Crippen molar-refractivity contribution in [2.24, 2.45) is 5.92 Å². The highest BCUT2D eigenvalue weighted by atomic mass is 15.2. The van der Waals surface area contributed by atoms with Crippen LogP contribution in [0.25, 0.3) is 0 Å². The first-order valence-corrected chi connectivity index (χ1v) is 7.58. The summed E-state index contributed by atoms with van der Waals surface area (Å²) in [7, 11) is 0. The quantitative estimate of drug-likeness (QED) is 0.823. The Hall–Kier alpha value is -1.63. The van der Waals surface area contributed by atoms with Crippen LogP contribution in [0, 0.1) is 17.2 Å². The second kappa shape index (κ2) is 7.84. The molecule has 4 nitrogen and oxygen atoms in total. The highest BCUT2D eigenvalue weighted by molar-refractivity contribution is 5.56. The fourth-order valence-electron chi connectivity index (χ4n) is 2.28. The third-order valence-corrected chi connectivity index (χ3v) is 3.52. The van der Waals surface area contributed by atoms with Crippen molar-refractivity contribution in [1.29, 1.82) is 5.26 Å². The van der Waals surface area contributed by atoms with Gasteiger partial charge in [-0.1, -0.05) is 27.7 Å². The molecule has 0 aromatic carbocycles. The lowest BCUT2D eigenvalue weighted by atomic mass is 10.0. The Balaban J connectivity index is 2.93. The molecule has 0 saturated heterocycles. The first kappa shape index (κ1) is 16.4. The molecular weight excluding hydrogens is 248 g/mol. The molecule has 1 heterocycles. The highest BCUT2D eigenvalue weighted by Crippen LogP contribution is 2.21. The zero-order valence-corrected chi connectivity index (χ0v) is 13.3. The lowest BCUT2D eigenvalue weighted by Crippen LogP contribution is -2.19. The molecule has 0 saturated carbocycles. The van der Waals surface area contributed by atoms with Crippen molar-refractivity contribution in [2.75, 3.05) is 5.32 Å². The van der Waals surface area contributed by atoms with Gasteiger partial charge in [-0.15, -0.1) is 5.10 Å². The third-order valence-electron chi connectivity index (χ3n) is 3.52. The van der Waals surface area contributed by atoms with Crippen LogP contribution < -0.4 is 5.32 Å². The molecule has 0 radical (unpaired) electrons. The lowest BCUT2D eigenvalue weighted by molar-refractivity contribution is 0.526. The molecule has 1 aromatic rings. The minimum absolute atomic E-state index is 0.302. The zero-order valence-electron chi connectivity index (χ0n) is 13.3. The summed E-state index contributed by atoms with van der Waals surface area (Å²) in [6.07, 6.45) is 3.86. The van der Waals surface area contributed by atoms with Crippen molar-refractivity contribution in [3.05, 3.63) is 16.8 Å². The van der Waals surface area contributed by atoms with Gasteiger partial charge < -0.3 is 5.32 Å². The van der Waals surface area contributed by atoms with Gasteiger partial charge in [0.1, 0.15) is 11.6 Å². The summed E-state index contributed by atoms with van der Waals surface area (Å²) >= 11 is 0. The minimum atomic E-state index is 0.302. The summed E-state index contributed by atoms with van der Waals surface area (Å²) in [5, 5.41) is 21.2. The van der Waals surface area contributed by atoms with Crippen molar-refractivity contribution in [1.82, 2.24) is 10.2 Å². The van der Waals surface area contributed by atoms with Crippen LogP contribution in [0.2, 0.25) is 0 Å². The van der Waals surface area contributed by atoms with E-state index in [1.54, 1.807) is 0 Å². The second-order valence-corrected chi connectivity index (χ2v) is 5.68.